The Kier molecular flexibility index (Phi) is 1.68. The minimum absolute atomic E-state index is 0.381. The molecule has 0 atom stereocenters. The number of phenols is 1. The van der Waals surface area contributed by atoms with Gasteiger partial charge in [0.2, 0.25) is 0 Å². The van der Waals surface area contributed by atoms with E-state index in [1.54, 1.807) is 6.07 Å². The predicted molar refractivity (Wildman–Crippen MR) is 49.7 cm³/mol. The summed E-state index contributed by atoms with van der Waals surface area (Å²) < 4.78 is 0. The highest BCUT2D eigenvalue weighted by Gasteiger charge is 2.16. The summed E-state index contributed by atoms with van der Waals surface area (Å²) in [6, 6.07) is 5.62. The second-order valence-corrected chi connectivity index (χ2v) is 3.14. The first-order valence-electron chi connectivity index (χ1n) is 4.38. The molecule has 0 aromatic heterocycles. The van der Waals surface area contributed by atoms with E-state index >= 15 is 0 Å². The number of fused-ring (bicyclic) bond motifs is 1. The largest absolute Gasteiger partial charge is 0.508 e. The Labute approximate surface area is 72.4 Å². The van der Waals surface area contributed by atoms with Crippen molar-refractivity contribution < 1.29 is 5.11 Å². The molecule has 64 valence electrons. The van der Waals surface area contributed by atoms with Crippen molar-refractivity contribution >= 4 is 5.69 Å². The van der Waals surface area contributed by atoms with Gasteiger partial charge in [0, 0.05) is 18.8 Å². The number of aromatic hydroxyl groups is 1. The summed E-state index contributed by atoms with van der Waals surface area (Å²) in [6.07, 6.45) is 1.07. The van der Waals surface area contributed by atoms with Crippen molar-refractivity contribution in [2.24, 2.45) is 0 Å². The van der Waals surface area contributed by atoms with Crippen molar-refractivity contribution in [1.82, 2.24) is 0 Å². The molecule has 2 heteroatoms. The van der Waals surface area contributed by atoms with E-state index in [1.165, 1.54) is 11.3 Å². The van der Waals surface area contributed by atoms with Crippen LogP contribution in [0.25, 0.3) is 0 Å². The second kappa shape index (κ2) is 2.70. The number of hydrogen-bond donors (Lipinski definition) is 1. The summed E-state index contributed by atoms with van der Waals surface area (Å²) in [7, 11) is 0. The van der Waals surface area contributed by atoms with Crippen LogP contribution in [0.15, 0.2) is 18.2 Å². The molecular weight excluding hydrogens is 150 g/mol. The van der Waals surface area contributed by atoms with Gasteiger partial charge in [0.25, 0.3) is 0 Å². The standard InChI is InChI=1S/C10H13NO/c1-2-11-6-5-8-7-9(12)3-4-10(8)11/h3-4,7,12H,2,5-6H2,1H3. The molecule has 2 rings (SSSR count). The molecule has 0 radical (unpaired) electrons. The summed E-state index contributed by atoms with van der Waals surface area (Å²) in [6.45, 7) is 4.30. The Bertz CT molecular complexity index is 296. The van der Waals surface area contributed by atoms with Gasteiger partial charge >= 0.3 is 0 Å². The van der Waals surface area contributed by atoms with E-state index in [9.17, 15) is 5.11 Å². The van der Waals surface area contributed by atoms with Crippen molar-refractivity contribution in [3.63, 3.8) is 0 Å². The highest BCUT2D eigenvalue weighted by atomic mass is 16.3. The first-order chi connectivity index (χ1) is 5.81. The lowest BCUT2D eigenvalue weighted by Gasteiger charge is -2.15. The molecule has 2 nitrogen and oxygen atoms in total. The maximum atomic E-state index is 9.24. The van der Waals surface area contributed by atoms with Gasteiger partial charge < -0.3 is 10.0 Å². The maximum Gasteiger partial charge on any atom is 0.116 e. The molecule has 1 aromatic carbocycles. The fourth-order valence-corrected chi connectivity index (χ4v) is 1.78. The molecule has 1 aromatic rings. The summed E-state index contributed by atoms with van der Waals surface area (Å²) in [5.74, 6) is 0.381. The quantitative estimate of drug-likeness (QED) is 0.682. The highest BCUT2D eigenvalue weighted by molar-refractivity contribution is 5.59. The zero-order valence-corrected chi connectivity index (χ0v) is 7.25. The van der Waals surface area contributed by atoms with Crippen LogP contribution >= 0.6 is 0 Å². The number of likely N-dealkylation sites (N-methyl/N-ethyl adjacent to an activating group) is 1. The minimum atomic E-state index is 0.381. The molecule has 1 heterocycles. The second-order valence-electron chi connectivity index (χ2n) is 3.14. The van der Waals surface area contributed by atoms with Crippen LogP contribution in [0, 0.1) is 0 Å². The van der Waals surface area contributed by atoms with Gasteiger partial charge in [-0.05, 0) is 37.1 Å². The number of phenolic OH excluding ortho intramolecular Hbond substituents is 1. The summed E-state index contributed by atoms with van der Waals surface area (Å²) in [4.78, 5) is 2.33. The van der Waals surface area contributed by atoms with E-state index in [4.69, 9.17) is 0 Å². The maximum absolute atomic E-state index is 9.24. The average Bonchev–Trinajstić information content (AvgIpc) is 2.46. The summed E-state index contributed by atoms with van der Waals surface area (Å²) in [5, 5.41) is 9.24. The van der Waals surface area contributed by atoms with E-state index in [2.05, 4.69) is 11.8 Å². The molecule has 1 aliphatic heterocycles. The van der Waals surface area contributed by atoms with Gasteiger partial charge in [-0.1, -0.05) is 0 Å². The normalized spacial score (nSPS) is 14.9. The van der Waals surface area contributed by atoms with Gasteiger partial charge in [-0.3, -0.25) is 0 Å². The van der Waals surface area contributed by atoms with Crippen molar-refractivity contribution in [1.29, 1.82) is 0 Å². The Balaban J connectivity index is 2.40. The first kappa shape index (κ1) is 7.47. The summed E-state index contributed by atoms with van der Waals surface area (Å²) in [5.41, 5.74) is 2.56. The lowest BCUT2D eigenvalue weighted by Crippen LogP contribution is -2.18. The average molecular weight is 163 g/mol. The van der Waals surface area contributed by atoms with Crippen LogP contribution < -0.4 is 4.90 Å². The van der Waals surface area contributed by atoms with Crippen LogP contribution in [0.2, 0.25) is 0 Å². The van der Waals surface area contributed by atoms with Crippen LogP contribution in [0.4, 0.5) is 5.69 Å². The fraction of sp³-hybridized carbons (Fsp3) is 0.400. The Hall–Kier alpha value is -1.18. The molecule has 0 spiro atoms. The van der Waals surface area contributed by atoms with Gasteiger partial charge in [0.15, 0.2) is 0 Å². The monoisotopic (exact) mass is 163 g/mol. The van der Waals surface area contributed by atoms with E-state index in [1.807, 2.05) is 12.1 Å². The van der Waals surface area contributed by atoms with Crippen LogP contribution in [-0.4, -0.2) is 18.2 Å². The molecule has 0 saturated carbocycles. The third kappa shape index (κ3) is 1.04. The van der Waals surface area contributed by atoms with E-state index in [0.29, 0.717) is 5.75 Å². The van der Waals surface area contributed by atoms with Crippen molar-refractivity contribution in [2.75, 3.05) is 18.0 Å². The van der Waals surface area contributed by atoms with Crippen LogP contribution in [0.5, 0.6) is 5.75 Å². The lowest BCUT2D eigenvalue weighted by atomic mass is 10.1. The van der Waals surface area contributed by atoms with Crippen LogP contribution in [-0.2, 0) is 6.42 Å². The number of rotatable bonds is 1. The molecule has 0 amide bonds. The van der Waals surface area contributed by atoms with E-state index in [0.717, 1.165) is 19.5 Å². The van der Waals surface area contributed by atoms with Crippen LogP contribution in [0.3, 0.4) is 0 Å². The number of hydrogen-bond acceptors (Lipinski definition) is 2. The van der Waals surface area contributed by atoms with Gasteiger partial charge in [-0.25, -0.2) is 0 Å². The molecule has 12 heavy (non-hydrogen) atoms. The molecule has 1 aliphatic rings. The Morgan fingerprint density at radius 3 is 3.08 bits per heavy atom. The minimum Gasteiger partial charge on any atom is -0.508 e. The molecular formula is C10H13NO. The summed E-state index contributed by atoms with van der Waals surface area (Å²) >= 11 is 0. The van der Waals surface area contributed by atoms with E-state index < -0.39 is 0 Å². The van der Waals surface area contributed by atoms with Crippen LogP contribution in [0.1, 0.15) is 12.5 Å². The highest BCUT2D eigenvalue weighted by Crippen LogP contribution is 2.30. The SMILES string of the molecule is CCN1CCc2cc(O)ccc21. The molecule has 0 aliphatic carbocycles. The van der Waals surface area contributed by atoms with Gasteiger partial charge in [0.1, 0.15) is 5.75 Å². The van der Waals surface area contributed by atoms with E-state index in [-0.39, 0.29) is 0 Å². The molecule has 1 N–H and O–H groups in total. The third-order valence-corrected chi connectivity index (χ3v) is 2.44. The molecule has 0 bridgehead atoms. The van der Waals surface area contributed by atoms with Crippen molar-refractivity contribution in [3.8, 4) is 5.75 Å². The number of nitrogens with zero attached hydrogens (tertiary/aromatic N) is 1. The topological polar surface area (TPSA) is 23.5 Å². The molecule has 0 saturated heterocycles. The fourth-order valence-electron chi connectivity index (χ4n) is 1.78. The number of benzene rings is 1. The van der Waals surface area contributed by atoms with Gasteiger partial charge in [-0.15, -0.1) is 0 Å². The Morgan fingerprint density at radius 1 is 1.50 bits per heavy atom. The smallest absolute Gasteiger partial charge is 0.116 e. The zero-order valence-electron chi connectivity index (χ0n) is 7.25. The van der Waals surface area contributed by atoms with Crippen molar-refractivity contribution in [2.45, 2.75) is 13.3 Å². The number of anilines is 1. The van der Waals surface area contributed by atoms with Gasteiger partial charge in [-0.2, -0.15) is 0 Å². The third-order valence-electron chi connectivity index (χ3n) is 2.44. The van der Waals surface area contributed by atoms with Gasteiger partial charge in [0.05, 0.1) is 0 Å². The first-order valence-corrected chi connectivity index (χ1v) is 4.38. The Morgan fingerprint density at radius 2 is 2.33 bits per heavy atom. The zero-order chi connectivity index (χ0) is 8.55. The molecule has 0 unspecified atom stereocenters. The van der Waals surface area contributed by atoms with Crippen molar-refractivity contribution in [3.05, 3.63) is 23.8 Å². The lowest BCUT2D eigenvalue weighted by molar-refractivity contribution is 0.475. The molecule has 0 fully saturated rings. The predicted octanol–water partition coefficient (Wildman–Crippen LogP) is 1.77.